The Balaban J connectivity index is 1.49. The molecule has 0 bridgehead atoms. The van der Waals surface area contributed by atoms with Gasteiger partial charge in [0, 0.05) is 51.4 Å². The fourth-order valence-corrected chi connectivity index (χ4v) is 5.26. The zero-order valence-corrected chi connectivity index (χ0v) is 17.0. The molecule has 2 saturated heterocycles. The minimum absolute atomic E-state index is 0.211. The van der Waals surface area contributed by atoms with Crippen molar-refractivity contribution in [2.45, 2.75) is 24.7 Å². The van der Waals surface area contributed by atoms with Crippen molar-refractivity contribution in [1.29, 1.82) is 0 Å². The number of halogens is 2. The van der Waals surface area contributed by atoms with Crippen LogP contribution >= 0.6 is 0 Å². The highest BCUT2D eigenvalue weighted by Gasteiger charge is 2.30. The van der Waals surface area contributed by atoms with Gasteiger partial charge in [0.2, 0.25) is 10.0 Å². The van der Waals surface area contributed by atoms with E-state index in [4.69, 9.17) is 0 Å². The van der Waals surface area contributed by atoms with Gasteiger partial charge in [0.1, 0.15) is 29.1 Å². The summed E-state index contributed by atoms with van der Waals surface area (Å²) in [6.07, 6.45) is 2.30. The first-order valence-corrected chi connectivity index (χ1v) is 11.1. The van der Waals surface area contributed by atoms with E-state index in [1.165, 1.54) is 4.31 Å². The third-order valence-corrected chi connectivity index (χ3v) is 7.15. The number of hydrogen-bond donors (Lipinski definition) is 0. The van der Waals surface area contributed by atoms with E-state index >= 15 is 0 Å². The van der Waals surface area contributed by atoms with Crippen molar-refractivity contribution >= 4 is 21.7 Å². The molecule has 2 aliphatic rings. The predicted molar refractivity (Wildman–Crippen MR) is 106 cm³/mol. The number of hydrogen-bond acceptors (Lipinski definition) is 6. The van der Waals surface area contributed by atoms with Crippen LogP contribution in [-0.2, 0) is 10.0 Å². The SMILES string of the molecule is Cc1nc(N2CCCC2)cc(N2CCN(S(=O)(=O)c3cc(F)cc(F)c3)CC2)n1. The quantitative estimate of drug-likeness (QED) is 0.751. The highest BCUT2D eigenvalue weighted by molar-refractivity contribution is 7.89. The van der Waals surface area contributed by atoms with Crippen molar-refractivity contribution in [3.8, 4) is 0 Å². The lowest BCUT2D eigenvalue weighted by Crippen LogP contribution is -2.49. The Morgan fingerprint density at radius 1 is 0.793 bits per heavy atom. The molecule has 2 aliphatic heterocycles. The van der Waals surface area contributed by atoms with E-state index in [2.05, 4.69) is 14.9 Å². The summed E-state index contributed by atoms with van der Waals surface area (Å²) in [7, 11) is -3.96. The maximum absolute atomic E-state index is 13.5. The molecule has 3 heterocycles. The van der Waals surface area contributed by atoms with Gasteiger partial charge in [0.15, 0.2) is 0 Å². The van der Waals surface area contributed by atoms with Crippen LogP contribution in [0.25, 0.3) is 0 Å². The number of anilines is 2. The Morgan fingerprint density at radius 3 is 1.86 bits per heavy atom. The van der Waals surface area contributed by atoms with E-state index in [1.54, 1.807) is 0 Å². The largest absolute Gasteiger partial charge is 0.356 e. The van der Waals surface area contributed by atoms with Gasteiger partial charge in [0.25, 0.3) is 0 Å². The summed E-state index contributed by atoms with van der Waals surface area (Å²) < 4.78 is 53.7. The summed E-state index contributed by atoms with van der Waals surface area (Å²) in [5, 5.41) is 0. The zero-order valence-electron chi connectivity index (χ0n) is 16.2. The summed E-state index contributed by atoms with van der Waals surface area (Å²) in [4.78, 5) is 12.9. The maximum Gasteiger partial charge on any atom is 0.243 e. The second-order valence-corrected chi connectivity index (χ2v) is 9.26. The minimum atomic E-state index is -3.96. The van der Waals surface area contributed by atoms with Gasteiger partial charge >= 0.3 is 0 Å². The molecule has 0 amide bonds. The average molecular weight is 423 g/mol. The van der Waals surface area contributed by atoms with E-state index < -0.39 is 21.7 Å². The molecule has 2 fully saturated rings. The van der Waals surface area contributed by atoms with Gasteiger partial charge in [-0.05, 0) is 31.9 Å². The molecule has 7 nitrogen and oxygen atoms in total. The van der Waals surface area contributed by atoms with E-state index in [0.717, 1.165) is 49.7 Å². The fourth-order valence-electron chi connectivity index (χ4n) is 3.79. The van der Waals surface area contributed by atoms with Crippen LogP contribution in [0.15, 0.2) is 29.2 Å². The molecule has 0 N–H and O–H groups in total. The second-order valence-electron chi connectivity index (χ2n) is 7.32. The smallest absolute Gasteiger partial charge is 0.243 e. The second kappa shape index (κ2) is 7.83. The molecule has 0 atom stereocenters. The topological polar surface area (TPSA) is 69.6 Å². The summed E-state index contributed by atoms with van der Waals surface area (Å²) >= 11 is 0. The average Bonchev–Trinajstić information content (AvgIpc) is 3.22. The van der Waals surface area contributed by atoms with Crippen LogP contribution in [0, 0.1) is 18.6 Å². The first-order valence-electron chi connectivity index (χ1n) is 9.65. The molecule has 0 aliphatic carbocycles. The van der Waals surface area contributed by atoms with Crippen molar-refractivity contribution in [3.63, 3.8) is 0 Å². The molecule has 156 valence electrons. The Labute approximate surface area is 169 Å². The van der Waals surface area contributed by atoms with Crippen molar-refractivity contribution in [1.82, 2.24) is 14.3 Å². The fraction of sp³-hybridized carbons (Fsp3) is 0.474. The van der Waals surface area contributed by atoms with Gasteiger partial charge in [0.05, 0.1) is 4.90 Å². The van der Waals surface area contributed by atoms with E-state index in [1.807, 2.05) is 17.9 Å². The first-order chi connectivity index (χ1) is 13.8. The number of aryl methyl sites for hydroxylation is 1. The molecule has 0 spiro atoms. The van der Waals surface area contributed by atoms with Gasteiger partial charge in [-0.2, -0.15) is 4.31 Å². The predicted octanol–water partition coefficient (Wildman–Crippen LogP) is 2.17. The Kier molecular flexibility index (Phi) is 5.39. The molecule has 10 heteroatoms. The lowest BCUT2D eigenvalue weighted by Gasteiger charge is -2.35. The first kappa shape index (κ1) is 20.0. The number of sulfonamides is 1. The zero-order chi connectivity index (χ0) is 20.6. The monoisotopic (exact) mass is 423 g/mol. The van der Waals surface area contributed by atoms with Crippen molar-refractivity contribution in [2.24, 2.45) is 0 Å². The van der Waals surface area contributed by atoms with Gasteiger partial charge in [-0.1, -0.05) is 0 Å². The molecule has 1 aromatic carbocycles. The highest BCUT2D eigenvalue weighted by Crippen LogP contribution is 2.25. The Bertz CT molecular complexity index is 983. The molecule has 0 saturated carbocycles. The van der Waals surface area contributed by atoms with Gasteiger partial charge in [-0.3, -0.25) is 0 Å². The summed E-state index contributed by atoms with van der Waals surface area (Å²) in [5.41, 5.74) is 0. The van der Waals surface area contributed by atoms with Crippen molar-refractivity contribution < 1.29 is 17.2 Å². The minimum Gasteiger partial charge on any atom is -0.356 e. The third kappa shape index (κ3) is 4.18. The van der Waals surface area contributed by atoms with Crippen LogP contribution in [0.2, 0.25) is 0 Å². The summed E-state index contributed by atoms with van der Waals surface area (Å²) in [6, 6.07) is 4.30. The van der Waals surface area contributed by atoms with Gasteiger partial charge in [-0.25, -0.2) is 27.2 Å². The molecule has 2 aromatic rings. The van der Waals surface area contributed by atoms with Crippen molar-refractivity contribution in [2.75, 3.05) is 49.1 Å². The number of piperazine rings is 1. The number of rotatable bonds is 4. The van der Waals surface area contributed by atoms with E-state index in [0.29, 0.717) is 25.0 Å². The third-order valence-electron chi connectivity index (χ3n) is 5.28. The van der Waals surface area contributed by atoms with Crippen LogP contribution in [0.4, 0.5) is 20.4 Å². The summed E-state index contributed by atoms with van der Waals surface area (Å²) in [6.45, 7) is 5.10. The molecule has 1 aromatic heterocycles. The molecule has 4 rings (SSSR count). The maximum atomic E-state index is 13.5. The van der Waals surface area contributed by atoms with E-state index in [9.17, 15) is 17.2 Å². The molecule has 0 unspecified atom stereocenters. The normalized spacial score (nSPS) is 18.4. The van der Waals surface area contributed by atoms with Crippen LogP contribution in [0.1, 0.15) is 18.7 Å². The molecular formula is C19H23F2N5O2S. The summed E-state index contributed by atoms with van der Waals surface area (Å²) in [5.74, 6) is 0.527. The number of benzene rings is 1. The lowest BCUT2D eigenvalue weighted by atomic mass is 10.3. The Morgan fingerprint density at radius 2 is 1.31 bits per heavy atom. The number of nitrogens with zero attached hydrogens (tertiary/aromatic N) is 5. The number of aromatic nitrogens is 2. The van der Waals surface area contributed by atoms with Crippen LogP contribution in [0.3, 0.4) is 0 Å². The molecule has 0 radical (unpaired) electrons. The van der Waals surface area contributed by atoms with Gasteiger partial charge in [-0.15, -0.1) is 0 Å². The lowest BCUT2D eigenvalue weighted by molar-refractivity contribution is 0.383. The Hall–Kier alpha value is -2.33. The van der Waals surface area contributed by atoms with E-state index in [-0.39, 0.29) is 18.0 Å². The molecule has 29 heavy (non-hydrogen) atoms. The molecular weight excluding hydrogens is 400 g/mol. The van der Waals surface area contributed by atoms with Crippen LogP contribution < -0.4 is 9.80 Å². The van der Waals surface area contributed by atoms with Crippen molar-refractivity contribution in [3.05, 3.63) is 41.7 Å². The standard InChI is InChI=1S/C19H23F2N5O2S/c1-14-22-18(24-4-2-3-5-24)13-19(23-14)25-6-8-26(9-7-25)29(27,28)17-11-15(20)10-16(21)12-17/h10-13H,2-9H2,1H3. The van der Waals surface area contributed by atoms with Crippen LogP contribution in [-0.4, -0.2) is 62.0 Å². The highest BCUT2D eigenvalue weighted by atomic mass is 32.2. The van der Waals surface area contributed by atoms with Crippen LogP contribution in [0.5, 0.6) is 0 Å². The van der Waals surface area contributed by atoms with Gasteiger partial charge < -0.3 is 9.80 Å².